The van der Waals surface area contributed by atoms with Crippen molar-refractivity contribution in [2.75, 3.05) is 0 Å². The maximum absolute atomic E-state index is 13.2. The molecule has 1 amide bonds. The Morgan fingerprint density at radius 2 is 2.19 bits per heavy atom. The first-order valence-corrected chi connectivity index (χ1v) is 4.96. The van der Waals surface area contributed by atoms with E-state index in [9.17, 15) is 9.18 Å². The van der Waals surface area contributed by atoms with Gasteiger partial charge in [-0.15, -0.1) is 12.4 Å². The first-order chi connectivity index (χ1) is 6.78. The topological polar surface area (TPSA) is 78.9 Å². The third kappa shape index (κ3) is 4.33. The van der Waals surface area contributed by atoms with Crippen molar-refractivity contribution in [3.05, 3.63) is 0 Å². The van der Waals surface area contributed by atoms with Gasteiger partial charge in [0.2, 0.25) is 5.91 Å². The second-order valence-corrected chi connectivity index (χ2v) is 4.71. The van der Waals surface area contributed by atoms with E-state index in [2.05, 4.69) is 5.32 Å². The lowest BCUT2D eigenvalue weighted by Gasteiger charge is -2.20. The molecule has 1 fully saturated rings. The van der Waals surface area contributed by atoms with E-state index in [1.807, 2.05) is 6.07 Å². The summed E-state index contributed by atoms with van der Waals surface area (Å²) in [6, 6.07) is 1.13. The van der Waals surface area contributed by atoms with E-state index in [0.29, 0.717) is 12.8 Å². The number of hydrogen-bond acceptors (Lipinski definition) is 3. The second kappa shape index (κ2) is 4.98. The van der Waals surface area contributed by atoms with E-state index in [1.165, 1.54) is 13.8 Å². The van der Waals surface area contributed by atoms with Crippen LogP contribution in [0.5, 0.6) is 0 Å². The fraction of sp³-hybridized carbons (Fsp3) is 0.800. The number of halogens is 2. The number of carbonyl (C=O) groups is 1. The van der Waals surface area contributed by atoms with Crippen molar-refractivity contribution in [1.29, 1.82) is 5.26 Å². The van der Waals surface area contributed by atoms with Crippen molar-refractivity contribution in [3.63, 3.8) is 0 Å². The number of hydrogen-bond donors (Lipinski definition) is 2. The van der Waals surface area contributed by atoms with Crippen molar-refractivity contribution in [1.82, 2.24) is 5.32 Å². The highest BCUT2D eigenvalue weighted by atomic mass is 35.5. The number of nitrogens with zero attached hydrogens (tertiary/aromatic N) is 1. The molecule has 92 valence electrons. The lowest BCUT2D eigenvalue weighted by Crippen LogP contribution is -2.48. The van der Waals surface area contributed by atoms with Crippen LogP contribution in [0.4, 0.5) is 4.39 Å². The van der Waals surface area contributed by atoms with E-state index in [0.717, 1.165) is 0 Å². The molecule has 6 heteroatoms. The summed E-state index contributed by atoms with van der Waals surface area (Å²) in [6.45, 7) is 2.74. The average molecular weight is 250 g/mol. The van der Waals surface area contributed by atoms with Gasteiger partial charge in [0.1, 0.15) is 11.2 Å². The smallest absolute Gasteiger partial charge is 0.238 e. The van der Waals surface area contributed by atoms with Gasteiger partial charge in [0.25, 0.3) is 0 Å². The molecule has 0 aromatic heterocycles. The van der Waals surface area contributed by atoms with Gasteiger partial charge in [-0.1, -0.05) is 0 Å². The number of nitriles is 1. The monoisotopic (exact) mass is 249 g/mol. The van der Waals surface area contributed by atoms with E-state index >= 15 is 0 Å². The molecule has 1 aliphatic carbocycles. The summed E-state index contributed by atoms with van der Waals surface area (Å²) in [5.74, 6) is -0.445. The molecular weight excluding hydrogens is 233 g/mol. The normalized spacial score (nSPS) is 18.9. The largest absolute Gasteiger partial charge is 0.336 e. The minimum Gasteiger partial charge on any atom is -0.336 e. The van der Waals surface area contributed by atoms with Gasteiger partial charge < -0.3 is 11.1 Å². The number of amides is 1. The number of carbonyl (C=O) groups excluding carboxylic acids is 1. The molecule has 0 bridgehead atoms. The molecular formula is C10H17ClFN3O. The molecule has 3 N–H and O–H groups in total. The Morgan fingerprint density at radius 3 is 2.50 bits per heavy atom. The van der Waals surface area contributed by atoms with Crippen LogP contribution in [0.2, 0.25) is 0 Å². The number of nitrogens with two attached hydrogens (primary N) is 1. The van der Waals surface area contributed by atoms with Gasteiger partial charge in [0.05, 0.1) is 12.1 Å². The predicted molar refractivity (Wildman–Crippen MR) is 60.7 cm³/mol. The first kappa shape index (κ1) is 15.1. The summed E-state index contributed by atoms with van der Waals surface area (Å²) in [7, 11) is 0. The first-order valence-electron chi connectivity index (χ1n) is 4.96. The molecule has 16 heavy (non-hydrogen) atoms. The minimum absolute atomic E-state index is 0. The van der Waals surface area contributed by atoms with E-state index < -0.39 is 23.2 Å². The Morgan fingerprint density at radius 1 is 1.69 bits per heavy atom. The molecule has 1 saturated carbocycles. The Kier molecular flexibility index (Phi) is 4.71. The third-order valence-corrected chi connectivity index (χ3v) is 2.37. The average Bonchev–Trinajstić information content (AvgIpc) is 2.82. The highest BCUT2D eigenvalue weighted by Crippen LogP contribution is 2.34. The number of nitrogens with one attached hydrogen (secondary N) is 1. The van der Waals surface area contributed by atoms with Gasteiger partial charge in [-0.3, -0.25) is 4.79 Å². The lowest BCUT2D eigenvalue weighted by atomic mass is 10.0. The highest BCUT2D eigenvalue weighted by Gasteiger charge is 2.45. The molecule has 0 aromatic carbocycles. The summed E-state index contributed by atoms with van der Waals surface area (Å²) >= 11 is 0. The van der Waals surface area contributed by atoms with E-state index in [4.69, 9.17) is 11.0 Å². The summed E-state index contributed by atoms with van der Waals surface area (Å²) < 4.78 is 13.2. The molecule has 0 unspecified atom stereocenters. The fourth-order valence-corrected chi connectivity index (χ4v) is 1.33. The van der Waals surface area contributed by atoms with Crippen molar-refractivity contribution >= 4 is 18.3 Å². The second-order valence-electron chi connectivity index (χ2n) is 4.71. The van der Waals surface area contributed by atoms with Gasteiger partial charge >= 0.3 is 0 Å². The Bertz CT molecular complexity index is 304. The number of alkyl halides is 1. The van der Waals surface area contributed by atoms with Crippen molar-refractivity contribution < 1.29 is 9.18 Å². The van der Waals surface area contributed by atoms with Crippen LogP contribution in [0.15, 0.2) is 0 Å². The van der Waals surface area contributed by atoms with Crippen molar-refractivity contribution in [2.24, 2.45) is 5.73 Å². The van der Waals surface area contributed by atoms with Crippen LogP contribution in [0.25, 0.3) is 0 Å². The summed E-state index contributed by atoms with van der Waals surface area (Å²) in [6.07, 6.45) is 1.27. The molecule has 1 rings (SSSR count). The van der Waals surface area contributed by atoms with Crippen LogP contribution >= 0.6 is 12.4 Å². The van der Waals surface area contributed by atoms with Gasteiger partial charge in [-0.05, 0) is 26.7 Å². The minimum atomic E-state index is -1.47. The van der Waals surface area contributed by atoms with E-state index in [1.54, 1.807) is 0 Å². The third-order valence-electron chi connectivity index (χ3n) is 2.37. The molecule has 0 saturated heterocycles. The Labute approximate surface area is 101 Å². The van der Waals surface area contributed by atoms with Crippen LogP contribution in [0.3, 0.4) is 0 Å². The van der Waals surface area contributed by atoms with Crippen molar-refractivity contribution in [2.45, 2.75) is 50.4 Å². The SMILES string of the molecule is CC(C)(F)C[C@H](N)C(=O)NC1(C#N)CC1.Cl. The maximum atomic E-state index is 13.2. The summed E-state index contributed by atoms with van der Waals surface area (Å²) in [4.78, 5) is 11.5. The van der Waals surface area contributed by atoms with Gasteiger partial charge in [-0.2, -0.15) is 5.26 Å². The zero-order valence-electron chi connectivity index (χ0n) is 9.42. The molecule has 0 radical (unpaired) electrons. The number of rotatable bonds is 4. The van der Waals surface area contributed by atoms with Crippen LogP contribution < -0.4 is 11.1 Å². The fourth-order valence-electron chi connectivity index (χ4n) is 1.33. The zero-order valence-corrected chi connectivity index (χ0v) is 10.2. The lowest BCUT2D eigenvalue weighted by molar-refractivity contribution is -0.123. The summed E-state index contributed by atoms with van der Waals surface area (Å²) in [5.41, 5.74) is 3.33. The van der Waals surface area contributed by atoms with Crippen molar-refractivity contribution in [3.8, 4) is 6.07 Å². The summed E-state index contributed by atoms with van der Waals surface area (Å²) in [5, 5.41) is 11.3. The standard InChI is InChI=1S/C10H16FN3O.ClH/c1-9(2,11)5-7(13)8(15)14-10(6-12)3-4-10;/h7H,3-5,13H2,1-2H3,(H,14,15);1H/t7-;/m0./s1. The Hall–Kier alpha value is -0.860. The zero-order chi connectivity index (χ0) is 11.7. The van der Waals surface area contributed by atoms with Crippen LogP contribution in [-0.4, -0.2) is 23.2 Å². The molecule has 0 aromatic rings. The molecule has 4 nitrogen and oxygen atoms in total. The van der Waals surface area contributed by atoms with Gasteiger partial charge in [0.15, 0.2) is 0 Å². The van der Waals surface area contributed by atoms with Crippen LogP contribution in [0, 0.1) is 11.3 Å². The van der Waals surface area contributed by atoms with Crippen LogP contribution in [-0.2, 0) is 4.79 Å². The van der Waals surface area contributed by atoms with Gasteiger partial charge in [0, 0.05) is 6.42 Å². The predicted octanol–water partition coefficient (Wildman–Crippen LogP) is 1.05. The molecule has 0 aliphatic heterocycles. The van der Waals surface area contributed by atoms with E-state index in [-0.39, 0.29) is 18.8 Å². The van der Waals surface area contributed by atoms with Gasteiger partial charge in [-0.25, -0.2) is 4.39 Å². The Balaban J connectivity index is 0.00000225. The molecule has 1 atom stereocenters. The molecule has 0 spiro atoms. The molecule has 1 aliphatic rings. The highest BCUT2D eigenvalue weighted by molar-refractivity contribution is 5.85. The van der Waals surface area contributed by atoms with Crippen LogP contribution in [0.1, 0.15) is 33.1 Å². The molecule has 0 heterocycles. The maximum Gasteiger partial charge on any atom is 0.238 e. The quantitative estimate of drug-likeness (QED) is 0.782.